The number of benzene rings is 12. The van der Waals surface area contributed by atoms with E-state index in [-0.39, 0.29) is 35.1 Å². The van der Waals surface area contributed by atoms with Gasteiger partial charge in [-0.15, -0.1) is 0 Å². The van der Waals surface area contributed by atoms with Crippen molar-refractivity contribution in [1.82, 2.24) is 39.9 Å². The maximum atomic E-state index is 14.4. The molecule has 0 saturated heterocycles. The molecule has 0 aliphatic rings. The highest BCUT2D eigenvalue weighted by molar-refractivity contribution is 6.11. The van der Waals surface area contributed by atoms with Crippen molar-refractivity contribution in [3.05, 3.63) is 459 Å². The summed E-state index contributed by atoms with van der Waals surface area (Å²) in [5.41, 5.74) is 44.3. The van der Waals surface area contributed by atoms with E-state index in [0.29, 0.717) is 151 Å². The average Bonchev–Trinajstić information content (AvgIpc) is 0.842. The highest BCUT2D eigenvalue weighted by Gasteiger charge is 2.20. The Balaban J connectivity index is 0.000000155. The fourth-order valence-corrected chi connectivity index (χ4v) is 14.0. The second-order valence-electron chi connectivity index (χ2n) is 32.3. The topological polar surface area (TPSA) is 435 Å². The number of anilines is 13. The van der Waals surface area contributed by atoms with Gasteiger partial charge in [-0.25, -0.2) is 49.1 Å². The molecule has 0 unspecified atom stereocenters. The van der Waals surface area contributed by atoms with Gasteiger partial charge in [0.05, 0.1) is 77.9 Å². The van der Waals surface area contributed by atoms with Crippen LogP contribution in [0, 0.1) is 47.4 Å². The van der Waals surface area contributed by atoms with Crippen LogP contribution in [0.2, 0.25) is 0 Å². The molecule has 28 nitrogen and oxygen atoms in total. The minimum Gasteiger partial charge on any atom is -0.399 e. The molecule has 16 rings (SSSR count). The molecule has 138 heavy (non-hydrogen) atoms. The van der Waals surface area contributed by atoms with Gasteiger partial charge in [0.25, 0.3) is 29.5 Å². The van der Waals surface area contributed by atoms with E-state index >= 15 is 0 Å². The van der Waals surface area contributed by atoms with E-state index in [9.17, 15) is 38.0 Å². The van der Waals surface area contributed by atoms with Crippen LogP contribution < -0.4 is 70.8 Å². The molecule has 29 heteroatoms. The number of nitrogens with zero attached hydrogens (tertiary/aromatic N) is 8. The molecule has 12 aromatic carbocycles. The Morgan fingerprint density at radius 2 is 0.616 bits per heavy atom. The molecule has 4 aromatic heterocycles. The van der Waals surface area contributed by atoms with Crippen LogP contribution in [-0.2, 0) is 30.5 Å². The van der Waals surface area contributed by atoms with E-state index < -0.39 is 17.8 Å². The summed E-state index contributed by atoms with van der Waals surface area (Å²) >= 11 is 0. The minimum atomic E-state index is -0.636. The van der Waals surface area contributed by atoms with Crippen LogP contribution in [0.1, 0.15) is 142 Å². The lowest BCUT2D eigenvalue weighted by atomic mass is 10.0. The summed E-state index contributed by atoms with van der Waals surface area (Å²) in [4.78, 5) is 123. The first-order valence-corrected chi connectivity index (χ1v) is 43.6. The van der Waals surface area contributed by atoms with E-state index in [1.807, 2.05) is 242 Å². The molecule has 8 amide bonds. The number of nitrogens with two attached hydrogens (primary N) is 4. The van der Waals surface area contributed by atoms with Crippen molar-refractivity contribution in [3.63, 3.8) is 0 Å². The number of halogens is 1. The lowest BCUT2D eigenvalue weighted by Crippen LogP contribution is -2.20. The Hall–Kier alpha value is -18.5. The highest BCUT2D eigenvalue weighted by Crippen LogP contribution is 2.27. The van der Waals surface area contributed by atoms with Crippen molar-refractivity contribution in [2.24, 2.45) is 0 Å². The summed E-state index contributed by atoms with van der Waals surface area (Å²) in [6.07, 6.45) is 17.7. The molecule has 0 saturated carbocycles. The summed E-state index contributed by atoms with van der Waals surface area (Å²) in [6, 6.07) is 81.8. The van der Waals surface area contributed by atoms with Gasteiger partial charge in [-0.2, -0.15) is 0 Å². The van der Waals surface area contributed by atoms with Crippen molar-refractivity contribution < 1.29 is 38.0 Å². The lowest BCUT2D eigenvalue weighted by Gasteiger charge is -2.12. The standard InChI is InChI=1S/C28H25N5O2.C27H24FN5O.C27H26N6O2.C27H25N5O2/c1-19-10-12-23(32-27(34)13-11-20-6-3-2-4-7-20)16-25(19)28(35)33-24-17-30-26(31-18-24)15-21-8-5-9-22(29)14-21;1-17-5-3-7-20(11-17)18(2)32-22-9-10-25(28)24(14-22)27(34)33-23-15-30-26(31-16-23)13-19-6-4-8-21(29)12-19;1-17-5-3-8-21(11-17)32-27(35)33-22-10-9-18(2)24(14-22)26(34)31-23-15-29-25(30-16-23)13-19-6-4-7-20(28)12-19;1-17-5-3-8-22(11-17)31-26(33)20-10-9-18(2)24(14-20)27(34)32-23-15-29-25(30-16-23)13-19-6-4-7-21(28)12-19/h2-14,16-18H,15,29H2,1H3,(H,32,34)(H,33,35);3-12,14-16,32H,2,13,29H2,1H3,(H,33,34);3-12,14-16H,13,28H2,1-2H3,(H,31,34)(H2,32,33,35);3-12,14-16H,13,28H2,1-2H3,(H,31,33)(H,32,34)/b13-11+;;;. The van der Waals surface area contributed by atoms with Gasteiger partial charge in [0.2, 0.25) is 5.91 Å². The van der Waals surface area contributed by atoms with Crippen LogP contribution in [0.4, 0.5) is 83.1 Å². The fourth-order valence-electron chi connectivity index (χ4n) is 14.0. The Morgan fingerprint density at radius 3 is 1.01 bits per heavy atom. The Kier molecular flexibility index (Phi) is 33.0. The molecule has 0 atom stereocenters. The number of amides is 8. The van der Waals surface area contributed by atoms with E-state index in [2.05, 4.69) is 94.3 Å². The van der Waals surface area contributed by atoms with Crippen molar-refractivity contribution in [1.29, 1.82) is 0 Å². The first-order valence-electron chi connectivity index (χ1n) is 43.6. The van der Waals surface area contributed by atoms with Crippen LogP contribution in [0.3, 0.4) is 0 Å². The number of urea groups is 1. The van der Waals surface area contributed by atoms with Gasteiger partial charge in [-0.05, 0) is 242 Å². The monoisotopic (exact) mass is 1830 g/mol. The van der Waals surface area contributed by atoms with Crippen molar-refractivity contribution >= 4 is 127 Å². The zero-order valence-electron chi connectivity index (χ0n) is 76.4. The molecule has 0 radical (unpaired) electrons. The molecule has 0 aliphatic heterocycles. The third kappa shape index (κ3) is 29.5. The van der Waals surface area contributed by atoms with Crippen LogP contribution in [0.5, 0.6) is 0 Å². The van der Waals surface area contributed by atoms with E-state index in [4.69, 9.17) is 22.9 Å². The summed E-state index contributed by atoms with van der Waals surface area (Å²) in [5, 5.41) is 25.4. The Labute approximate surface area is 797 Å². The molecular weight excluding hydrogens is 1730 g/mol. The Morgan fingerprint density at radius 1 is 0.290 bits per heavy atom. The number of hydrogen-bond donors (Lipinski definition) is 13. The van der Waals surface area contributed by atoms with E-state index in [1.54, 1.807) is 104 Å². The minimum absolute atomic E-state index is 0.106. The SMILES string of the molecule is C=C(Nc1ccc(F)c(C(=O)Nc2cnc(Cc3cccc(N)c3)nc2)c1)c1cccc(C)c1.Cc1ccc(NC(=O)/C=C/c2ccccc2)cc1C(=O)Nc1cnc(Cc2cccc(N)c2)nc1.Cc1cccc(NC(=O)Nc2ccc(C)c(C(=O)Nc3cnc(Cc4cccc(N)c4)nc3)c2)c1.Cc1cccc(NC(=O)c2ccc(C)c(C(=O)Nc3cnc(Cc4cccc(N)c4)nc3)c2)c1. The maximum absolute atomic E-state index is 14.4. The molecule has 690 valence electrons. The molecule has 17 N–H and O–H groups in total. The van der Waals surface area contributed by atoms with Gasteiger partial charge in [0.1, 0.15) is 29.1 Å². The third-order valence-electron chi connectivity index (χ3n) is 21.0. The predicted octanol–water partition coefficient (Wildman–Crippen LogP) is 20.2. The van der Waals surface area contributed by atoms with Gasteiger partial charge in [-0.1, -0.05) is 152 Å². The zero-order valence-corrected chi connectivity index (χ0v) is 76.4. The molecular formula is C109H100FN21O7. The summed E-state index contributed by atoms with van der Waals surface area (Å²) < 4.78 is 14.4. The molecule has 0 aliphatic carbocycles. The second kappa shape index (κ2) is 47.0. The van der Waals surface area contributed by atoms with Crippen LogP contribution in [0.25, 0.3) is 11.8 Å². The lowest BCUT2D eigenvalue weighted by molar-refractivity contribution is -0.111. The molecule has 0 bridgehead atoms. The number of aryl methyl sites for hydroxylation is 6. The van der Waals surface area contributed by atoms with Crippen molar-refractivity contribution in [2.45, 2.75) is 67.2 Å². The molecule has 4 heterocycles. The van der Waals surface area contributed by atoms with E-state index in [1.165, 1.54) is 30.6 Å². The maximum Gasteiger partial charge on any atom is 0.323 e. The number of rotatable bonds is 26. The van der Waals surface area contributed by atoms with Crippen LogP contribution in [0.15, 0.2) is 335 Å². The smallest absolute Gasteiger partial charge is 0.323 e. The van der Waals surface area contributed by atoms with Gasteiger partial charge in [0.15, 0.2) is 0 Å². The summed E-state index contributed by atoms with van der Waals surface area (Å²) in [6.45, 7) is 15.4. The molecule has 16 aromatic rings. The van der Waals surface area contributed by atoms with Gasteiger partial charge < -0.3 is 70.8 Å². The normalized spacial score (nSPS) is 10.6. The first-order chi connectivity index (χ1) is 66.5. The van der Waals surface area contributed by atoms with Gasteiger partial charge in [-0.3, -0.25) is 28.8 Å². The number of carbonyl (C=O) groups excluding carboxylic acids is 7. The highest BCUT2D eigenvalue weighted by atomic mass is 19.1. The van der Waals surface area contributed by atoms with Gasteiger partial charge in [0, 0.05) is 111 Å². The number of nitrogens with one attached hydrogen (secondary N) is 9. The zero-order chi connectivity index (χ0) is 97.6. The molecule has 0 fully saturated rings. The number of aromatic nitrogens is 8. The largest absolute Gasteiger partial charge is 0.399 e. The van der Waals surface area contributed by atoms with Crippen molar-refractivity contribution in [3.8, 4) is 0 Å². The average molecular weight is 1840 g/mol. The number of nitrogen functional groups attached to an aromatic ring is 4. The predicted molar refractivity (Wildman–Crippen MR) is 545 cm³/mol. The second-order valence-corrected chi connectivity index (χ2v) is 32.3. The number of hydrogen-bond acceptors (Lipinski definition) is 20. The first kappa shape index (κ1) is 97.0. The fraction of sp³-hybridized carbons (Fsp3) is 0.0917. The quantitative estimate of drug-likeness (QED) is 0.0177. The van der Waals surface area contributed by atoms with Crippen LogP contribution in [-0.4, -0.2) is 81.3 Å². The van der Waals surface area contributed by atoms with Crippen molar-refractivity contribution in [2.75, 3.05) is 70.8 Å². The van der Waals surface area contributed by atoms with Gasteiger partial charge >= 0.3 is 6.03 Å². The third-order valence-corrected chi connectivity index (χ3v) is 21.0. The molecule has 0 spiro atoms. The summed E-state index contributed by atoms with van der Waals surface area (Å²) in [7, 11) is 0. The van der Waals surface area contributed by atoms with E-state index in [0.717, 1.165) is 66.8 Å². The number of carbonyl (C=O) groups is 7. The van der Waals surface area contributed by atoms with Crippen LogP contribution >= 0.6 is 0 Å². The summed E-state index contributed by atoms with van der Waals surface area (Å²) in [5.74, 6) is -0.336. The Bertz CT molecular complexity index is 7130.